The van der Waals surface area contributed by atoms with Crippen LogP contribution in [0.25, 0.3) is 0 Å². The van der Waals surface area contributed by atoms with Gasteiger partial charge in [-0.25, -0.2) is 0 Å². The zero-order valence-electron chi connectivity index (χ0n) is 9.52. The lowest BCUT2D eigenvalue weighted by Crippen LogP contribution is -2.29. The first-order valence-electron chi connectivity index (χ1n) is 5.37. The van der Waals surface area contributed by atoms with E-state index in [0.717, 1.165) is 23.1 Å². The highest BCUT2D eigenvalue weighted by Crippen LogP contribution is 2.42. The highest BCUT2D eigenvalue weighted by molar-refractivity contribution is 8.00. The Kier molecular flexibility index (Phi) is 5.09. The molecule has 1 saturated heterocycles. The number of hydrogen-bond donors (Lipinski definition) is 0. The standard InChI is InChI=1S/C11H14ClNOS3/c1-15-6-2-5-13-10(14)7-16-11(13)8-3-4-9(12)17-8/h3-4,11H,2,5-7H2,1H3. The molecular weight excluding hydrogens is 294 g/mol. The van der Waals surface area contributed by atoms with Crippen LogP contribution in [0.5, 0.6) is 0 Å². The molecule has 0 aromatic carbocycles. The maximum atomic E-state index is 11.8. The summed E-state index contributed by atoms with van der Waals surface area (Å²) in [5, 5.41) is 0.182. The fourth-order valence-electron chi connectivity index (χ4n) is 1.77. The van der Waals surface area contributed by atoms with Crippen molar-refractivity contribution in [1.29, 1.82) is 0 Å². The van der Waals surface area contributed by atoms with Crippen LogP contribution in [0, 0.1) is 0 Å². The number of amides is 1. The van der Waals surface area contributed by atoms with Gasteiger partial charge in [0, 0.05) is 11.4 Å². The Morgan fingerprint density at radius 1 is 1.59 bits per heavy atom. The smallest absolute Gasteiger partial charge is 0.233 e. The second-order valence-corrected chi connectivity index (χ2v) is 7.54. The molecule has 0 bridgehead atoms. The minimum atomic E-state index is 0.182. The van der Waals surface area contributed by atoms with Gasteiger partial charge >= 0.3 is 0 Å². The molecule has 1 amide bonds. The number of hydrogen-bond acceptors (Lipinski definition) is 4. The van der Waals surface area contributed by atoms with E-state index < -0.39 is 0 Å². The molecular formula is C11H14ClNOS3. The van der Waals surface area contributed by atoms with E-state index in [1.54, 1.807) is 23.1 Å². The van der Waals surface area contributed by atoms with Gasteiger partial charge < -0.3 is 4.90 Å². The topological polar surface area (TPSA) is 20.3 Å². The van der Waals surface area contributed by atoms with E-state index in [9.17, 15) is 4.79 Å². The normalized spacial score (nSPS) is 20.2. The fraction of sp³-hybridized carbons (Fsp3) is 0.545. The van der Waals surface area contributed by atoms with Crippen molar-refractivity contribution in [3.8, 4) is 0 Å². The molecule has 1 aliphatic rings. The minimum absolute atomic E-state index is 0.182. The molecule has 1 fully saturated rings. The first kappa shape index (κ1) is 13.6. The van der Waals surface area contributed by atoms with Crippen molar-refractivity contribution in [2.45, 2.75) is 11.8 Å². The average Bonchev–Trinajstić information content (AvgIpc) is 2.87. The summed E-state index contributed by atoms with van der Waals surface area (Å²) in [6.45, 7) is 0.854. The van der Waals surface area contributed by atoms with Crippen LogP contribution in [-0.4, -0.2) is 35.1 Å². The summed E-state index contributed by atoms with van der Waals surface area (Å²) >= 11 is 11.1. The van der Waals surface area contributed by atoms with E-state index >= 15 is 0 Å². The van der Waals surface area contributed by atoms with E-state index in [1.165, 1.54) is 4.88 Å². The zero-order valence-corrected chi connectivity index (χ0v) is 12.7. The molecule has 1 aromatic heterocycles. The van der Waals surface area contributed by atoms with Gasteiger partial charge in [0.2, 0.25) is 5.91 Å². The number of thiophene rings is 1. The van der Waals surface area contributed by atoms with Crippen LogP contribution in [0.3, 0.4) is 0 Å². The lowest BCUT2D eigenvalue weighted by atomic mass is 10.3. The van der Waals surface area contributed by atoms with Crippen LogP contribution in [0.15, 0.2) is 12.1 Å². The molecule has 1 unspecified atom stereocenters. The van der Waals surface area contributed by atoms with Crippen LogP contribution in [0.1, 0.15) is 16.7 Å². The first-order chi connectivity index (χ1) is 8.22. The average molecular weight is 308 g/mol. The molecule has 2 heterocycles. The van der Waals surface area contributed by atoms with E-state index in [2.05, 4.69) is 6.26 Å². The number of halogens is 1. The molecule has 2 nitrogen and oxygen atoms in total. The molecule has 94 valence electrons. The molecule has 6 heteroatoms. The van der Waals surface area contributed by atoms with Crippen molar-refractivity contribution < 1.29 is 4.79 Å². The Bertz CT molecular complexity index is 396. The predicted octanol–water partition coefficient (Wildman–Crippen LogP) is 3.73. The lowest BCUT2D eigenvalue weighted by molar-refractivity contribution is -0.128. The third kappa shape index (κ3) is 3.34. The molecule has 17 heavy (non-hydrogen) atoms. The van der Waals surface area contributed by atoms with Crippen molar-refractivity contribution in [2.24, 2.45) is 0 Å². The van der Waals surface area contributed by atoms with E-state index in [1.807, 2.05) is 28.8 Å². The minimum Gasteiger partial charge on any atom is -0.325 e. The maximum Gasteiger partial charge on any atom is 0.233 e. The SMILES string of the molecule is CSCCCN1C(=O)CSC1c1ccc(Cl)s1. The van der Waals surface area contributed by atoms with Gasteiger partial charge in [0.05, 0.1) is 10.1 Å². The molecule has 1 aromatic rings. The van der Waals surface area contributed by atoms with E-state index in [-0.39, 0.29) is 11.3 Å². The zero-order chi connectivity index (χ0) is 12.3. The van der Waals surface area contributed by atoms with Crippen molar-refractivity contribution in [1.82, 2.24) is 4.90 Å². The van der Waals surface area contributed by atoms with Gasteiger partial charge in [-0.2, -0.15) is 11.8 Å². The highest BCUT2D eigenvalue weighted by atomic mass is 35.5. The Balaban J connectivity index is 2.03. The maximum absolute atomic E-state index is 11.8. The summed E-state index contributed by atoms with van der Waals surface area (Å²) in [5.74, 6) is 1.96. The number of nitrogens with zero attached hydrogens (tertiary/aromatic N) is 1. The van der Waals surface area contributed by atoms with Crippen LogP contribution >= 0.6 is 46.5 Å². The summed E-state index contributed by atoms with van der Waals surface area (Å²) in [6, 6.07) is 3.94. The predicted molar refractivity (Wildman–Crippen MR) is 79.2 cm³/mol. The molecule has 0 saturated carbocycles. The highest BCUT2D eigenvalue weighted by Gasteiger charge is 2.33. The van der Waals surface area contributed by atoms with Crippen molar-refractivity contribution in [3.05, 3.63) is 21.3 Å². The number of thioether (sulfide) groups is 2. The first-order valence-corrected chi connectivity index (χ1v) is 9.01. The van der Waals surface area contributed by atoms with Crippen LogP contribution in [0.4, 0.5) is 0 Å². The summed E-state index contributed by atoms with van der Waals surface area (Å²) in [7, 11) is 0. The number of rotatable bonds is 5. The van der Waals surface area contributed by atoms with Crippen LogP contribution in [-0.2, 0) is 4.79 Å². The van der Waals surface area contributed by atoms with Gasteiger partial charge in [-0.1, -0.05) is 11.6 Å². The Labute approximate surface area is 119 Å². The largest absolute Gasteiger partial charge is 0.325 e. The van der Waals surface area contributed by atoms with Gasteiger partial charge in [-0.15, -0.1) is 23.1 Å². The summed E-state index contributed by atoms with van der Waals surface area (Å²) < 4.78 is 0.795. The molecule has 1 aliphatic heterocycles. The molecule has 1 atom stereocenters. The van der Waals surface area contributed by atoms with Crippen LogP contribution < -0.4 is 0 Å². The van der Waals surface area contributed by atoms with Crippen molar-refractivity contribution in [2.75, 3.05) is 24.3 Å². The molecule has 0 N–H and O–H groups in total. The quantitative estimate of drug-likeness (QED) is 0.773. The third-order valence-corrected chi connectivity index (χ3v) is 5.92. The lowest BCUT2D eigenvalue weighted by Gasteiger charge is -2.22. The monoisotopic (exact) mass is 307 g/mol. The van der Waals surface area contributed by atoms with Crippen LogP contribution in [0.2, 0.25) is 4.34 Å². The van der Waals surface area contributed by atoms with Gasteiger partial charge in [0.1, 0.15) is 5.37 Å². The fourth-order valence-corrected chi connectivity index (χ4v) is 4.71. The summed E-state index contributed by atoms with van der Waals surface area (Å²) in [5.41, 5.74) is 0. The second-order valence-electron chi connectivity index (χ2n) is 3.74. The second kappa shape index (κ2) is 6.36. The van der Waals surface area contributed by atoms with E-state index in [0.29, 0.717) is 5.75 Å². The van der Waals surface area contributed by atoms with Crippen molar-refractivity contribution >= 4 is 52.4 Å². The van der Waals surface area contributed by atoms with Gasteiger partial charge in [0.15, 0.2) is 0 Å². The molecule has 0 spiro atoms. The van der Waals surface area contributed by atoms with Crippen molar-refractivity contribution in [3.63, 3.8) is 0 Å². The third-order valence-electron chi connectivity index (χ3n) is 2.55. The summed E-state index contributed by atoms with van der Waals surface area (Å²) in [6.07, 6.45) is 3.15. The van der Waals surface area contributed by atoms with Gasteiger partial charge in [-0.05, 0) is 30.6 Å². The van der Waals surface area contributed by atoms with Gasteiger partial charge in [-0.3, -0.25) is 4.79 Å². The summed E-state index contributed by atoms with van der Waals surface area (Å²) in [4.78, 5) is 15.0. The Hall–Kier alpha value is 0.160. The van der Waals surface area contributed by atoms with E-state index in [4.69, 9.17) is 11.6 Å². The number of carbonyl (C=O) groups excluding carboxylic acids is 1. The number of carbonyl (C=O) groups is 1. The van der Waals surface area contributed by atoms with Gasteiger partial charge in [0.25, 0.3) is 0 Å². The molecule has 2 rings (SSSR count). The Morgan fingerprint density at radius 2 is 2.41 bits per heavy atom. The molecule has 0 radical (unpaired) electrons. The molecule has 0 aliphatic carbocycles. The Morgan fingerprint density at radius 3 is 3.06 bits per heavy atom.